The van der Waals surface area contributed by atoms with Gasteiger partial charge in [-0.1, -0.05) is 0 Å². The van der Waals surface area contributed by atoms with Crippen molar-refractivity contribution < 1.29 is 13.6 Å². The fourth-order valence-corrected chi connectivity index (χ4v) is 1.08. The number of hydrogen-bond donors (Lipinski definition) is 1. The highest BCUT2D eigenvalue weighted by Crippen LogP contribution is 2.09. The molecule has 0 aliphatic carbocycles. The molecule has 0 heterocycles. The molecule has 82 valence electrons. The number of rotatable bonds is 3. The van der Waals surface area contributed by atoms with Crippen LogP contribution in [-0.4, -0.2) is 17.8 Å². The molecule has 1 aromatic carbocycles. The Labute approximate surface area is 91.2 Å². The van der Waals surface area contributed by atoms with Crippen molar-refractivity contribution in [3.05, 3.63) is 35.4 Å². The number of nitrogens with one attached hydrogen (secondary N) is 1. The number of carbonyl (C=O) groups excluding carboxylic acids is 1. The lowest BCUT2D eigenvalue weighted by atomic mass is 10.2. The molecule has 0 fully saturated rings. The third-order valence-electron chi connectivity index (χ3n) is 1.72. The largest absolute Gasteiger partial charge is 0.350 e. The second kappa shape index (κ2) is 5.07. The maximum Gasteiger partial charge on any atom is 0.254 e. The zero-order valence-corrected chi connectivity index (χ0v) is 8.81. The number of benzene rings is 1. The van der Waals surface area contributed by atoms with Gasteiger partial charge >= 0.3 is 0 Å². The van der Waals surface area contributed by atoms with Crippen LogP contribution in [0.4, 0.5) is 8.78 Å². The SMILES string of the molecule is CC(Cl)CNC(=O)c1cc(F)ccc1F. The Bertz CT molecular complexity index is 368. The summed E-state index contributed by atoms with van der Waals surface area (Å²) >= 11 is 5.60. The highest BCUT2D eigenvalue weighted by atomic mass is 35.5. The van der Waals surface area contributed by atoms with E-state index in [1.54, 1.807) is 6.92 Å². The van der Waals surface area contributed by atoms with Crippen LogP contribution in [0.2, 0.25) is 0 Å². The van der Waals surface area contributed by atoms with Crippen molar-refractivity contribution in [2.45, 2.75) is 12.3 Å². The third kappa shape index (κ3) is 3.47. The van der Waals surface area contributed by atoms with E-state index in [0.29, 0.717) is 0 Å². The average molecular weight is 234 g/mol. The summed E-state index contributed by atoms with van der Waals surface area (Å²) < 4.78 is 25.8. The van der Waals surface area contributed by atoms with Crippen LogP contribution in [-0.2, 0) is 0 Å². The molecule has 0 aliphatic rings. The number of halogens is 3. The van der Waals surface area contributed by atoms with E-state index in [4.69, 9.17) is 11.6 Å². The Morgan fingerprint density at radius 3 is 2.80 bits per heavy atom. The van der Waals surface area contributed by atoms with Crippen molar-refractivity contribution in [1.82, 2.24) is 5.32 Å². The molecule has 1 N–H and O–H groups in total. The van der Waals surface area contributed by atoms with Crippen molar-refractivity contribution in [2.24, 2.45) is 0 Å². The summed E-state index contributed by atoms with van der Waals surface area (Å²) in [4.78, 5) is 11.3. The molecule has 0 aliphatic heterocycles. The lowest BCUT2D eigenvalue weighted by Gasteiger charge is -2.07. The molecule has 1 amide bonds. The van der Waals surface area contributed by atoms with E-state index in [0.717, 1.165) is 18.2 Å². The molecule has 1 unspecified atom stereocenters. The minimum absolute atomic E-state index is 0.205. The van der Waals surface area contributed by atoms with Crippen LogP contribution in [0.5, 0.6) is 0 Å². The molecule has 1 rings (SSSR count). The maximum atomic E-state index is 13.1. The molecule has 0 aromatic heterocycles. The second-order valence-corrected chi connectivity index (χ2v) is 3.86. The van der Waals surface area contributed by atoms with E-state index in [1.807, 2.05) is 0 Å². The first kappa shape index (κ1) is 11.9. The van der Waals surface area contributed by atoms with Gasteiger partial charge in [-0.3, -0.25) is 4.79 Å². The third-order valence-corrected chi connectivity index (χ3v) is 1.87. The molecule has 0 spiro atoms. The lowest BCUT2D eigenvalue weighted by molar-refractivity contribution is 0.0949. The first-order valence-electron chi connectivity index (χ1n) is 4.38. The van der Waals surface area contributed by atoms with Crippen LogP contribution in [0.25, 0.3) is 0 Å². The molecule has 5 heteroatoms. The Balaban J connectivity index is 2.77. The van der Waals surface area contributed by atoms with Gasteiger partial charge in [-0.15, -0.1) is 11.6 Å². The van der Waals surface area contributed by atoms with Gasteiger partial charge in [0.15, 0.2) is 0 Å². The van der Waals surface area contributed by atoms with E-state index in [2.05, 4.69) is 5.32 Å². The molecule has 1 aromatic rings. The first-order chi connectivity index (χ1) is 7.00. The van der Waals surface area contributed by atoms with Crippen molar-refractivity contribution >= 4 is 17.5 Å². The minimum atomic E-state index is -0.754. The molecule has 0 radical (unpaired) electrons. The van der Waals surface area contributed by atoms with Gasteiger partial charge in [0.05, 0.1) is 5.56 Å². The summed E-state index contributed by atoms with van der Waals surface area (Å²) in [6.07, 6.45) is 0. The van der Waals surface area contributed by atoms with Crippen molar-refractivity contribution in [3.63, 3.8) is 0 Å². The summed E-state index contributed by atoms with van der Waals surface area (Å²) in [6.45, 7) is 1.89. The van der Waals surface area contributed by atoms with Gasteiger partial charge in [0.2, 0.25) is 0 Å². The molecular formula is C10H10ClF2NO. The van der Waals surface area contributed by atoms with Gasteiger partial charge in [0.25, 0.3) is 5.91 Å². The van der Waals surface area contributed by atoms with Gasteiger partial charge in [-0.25, -0.2) is 8.78 Å². The van der Waals surface area contributed by atoms with Crippen molar-refractivity contribution in [1.29, 1.82) is 0 Å². The van der Waals surface area contributed by atoms with E-state index < -0.39 is 17.5 Å². The standard InChI is InChI=1S/C10H10ClF2NO/c1-6(11)5-14-10(15)8-4-7(12)2-3-9(8)13/h2-4,6H,5H2,1H3,(H,14,15). The van der Waals surface area contributed by atoms with E-state index in [1.165, 1.54) is 0 Å². The van der Waals surface area contributed by atoms with Gasteiger partial charge < -0.3 is 5.32 Å². The Kier molecular flexibility index (Phi) is 4.03. The van der Waals surface area contributed by atoms with Gasteiger partial charge in [-0.2, -0.15) is 0 Å². The summed E-state index contributed by atoms with van der Waals surface area (Å²) in [5.41, 5.74) is -0.313. The predicted octanol–water partition coefficient (Wildman–Crippen LogP) is 2.32. The quantitative estimate of drug-likeness (QED) is 0.798. The zero-order valence-electron chi connectivity index (χ0n) is 8.06. The molecule has 1 atom stereocenters. The summed E-state index contributed by atoms with van der Waals surface area (Å²) in [5, 5.41) is 2.13. The van der Waals surface area contributed by atoms with Gasteiger partial charge in [-0.05, 0) is 25.1 Å². The minimum Gasteiger partial charge on any atom is -0.350 e. The zero-order chi connectivity index (χ0) is 11.4. The summed E-state index contributed by atoms with van der Waals surface area (Å²) in [6, 6.07) is 2.72. The van der Waals surface area contributed by atoms with Crippen LogP contribution in [0.3, 0.4) is 0 Å². The smallest absolute Gasteiger partial charge is 0.254 e. The number of amides is 1. The monoisotopic (exact) mass is 233 g/mol. The Morgan fingerprint density at radius 1 is 1.53 bits per heavy atom. The molecule has 2 nitrogen and oxygen atoms in total. The van der Waals surface area contributed by atoms with Gasteiger partial charge in [0, 0.05) is 11.9 Å². The van der Waals surface area contributed by atoms with Crippen LogP contribution in [0.15, 0.2) is 18.2 Å². The highest BCUT2D eigenvalue weighted by Gasteiger charge is 2.12. The van der Waals surface area contributed by atoms with E-state index >= 15 is 0 Å². The molecule has 15 heavy (non-hydrogen) atoms. The topological polar surface area (TPSA) is 29.1 Å². The predicted molar refractivity (Wildman–Crippen MR) is 54.0 cm³/mol. The average Bonchev–Trinajstić information content (AvgIpc) is 2.18. The second-order valence-electron chi connectivity index (χ2n) is 3.11. The highest BCUT2D eigenvalue weighted by molar-refractivity contribution is 6.20. The van der Waals surface area contributed by atoms with Crippen LogP contribution in [0.1, 0.15) is 17.3 Å². The summed E-state index contributed by atoms with van der Waals surface area (Å²) in [7, 11) is 0. The fraction of sp³-hybridized carbons (Fsp3) is 0.300. The van der Waals surface area contributed by atoms with Crippen LogP contribution < -0.4 is 5.32 Å². The summed E-state index contributed by atoms with van der Waals surface area (Å²) in [5.74, 6) is -2.07. The van der Waals surface area contributed by atoms with Crippen molar-refractivity contribution in [3.8, 4) is 0 Å². The Hall–Kier alpha value is -1.16. The first-order valence-corrected chi connectivity index (χ1v) is 4.81. The molecule has 0 bridgehead atoms. The number of carbonyl (C=O) groups is 1. The maximum absolute atomic E-state index is 13.1. The Morgan fingerprint density at radius 2 is 2.20 bits per heavy atom. The van der Waals surface area contributed by atoms with E-state index in [-0.39, 0.29) is 17.5 Å². The number of alkyl halides is 1. The van der Waals surface area contributed by atoms with Crippen molar-refractivity contribution in [2.75, 3.05) is 6.54 Å². The van der Waals surface area contributed by atoms with Gasteiger partial charge in [0.1, 0.15) is 11.6 Å². The van der Waals surface area contributed by atoms with Crippen LogP contribution in [0, 0.1) is 11.6 Å². The molecule has 0 saturated carbocycles. The number of hydrogen-bond acceptors (Lipinski definition) is 1. The fourth-order valence-electron chi connectivity index (χ4n) is 1.00. The van der Waals surface area contributed by atoms with E-state index in [9.17, 15) is 13.6 Å². The molecule has 0 saturated heterocycles. The molecular weight excluding hydrogens is 224 g/mol. The lowest BCUT2D eigenvalue weighted by Crippen LogP contribution is -2.29. The van der Waals surface area contributed by atoms with Crippen LogP contribution >= 0.6 is 11.6 Å². The normalized spacial score (nSPS) is 12.3.